The topological polar surface area (TPSA) is 55.6 Å². The van der Waals surface area contributed by atoms with Crippen molar-refractivity contribution in [3.8, 4) is 0 Å². The quantitative estimate of drug-likeness (QED) is 0.785. The molecule has 0 spiro atoms. The Labute approximate surface area is 98.1 Å². The van der Waals surface area contributed by atoms with Crippen LogP contribution in [-0.4, -0.2) is 42.1 Å². The first-order valence-electron chi connectivity index (χ1n) is 6.28. The molecule has 0 bridgehead atoms. The van der Waals surface area contributed by atoms with Gasteiger partial charge in [0.05, 0.1) is 18.2 Å². The molecule has 0 aromatic heterocycles. The Morgan fingerprint density at radius 3 is 2.75 bits per heavy atom. The Kier molecular flexibility index (Phi) is 5.22. The summed E-state index contributed by atoms with van der Waals surface area (Å²) in [7, 11) is 0. The maximum Gasteiger partial charge on any atom is 0.239 e. The van der Waals surface area contributed by atoms with E-state index in [1.165, 1.54) is 0 Å². The number of hydrogen-bond acceptors (Lipinski definition) is 3. The van der Waals surface area contributed by atoms with E-state index in [1.54, 1.807) is 0 Å². The second-order valence-corrected chi connectivity index (χ2v) is 4.62. The number of nitrogens with two attached hydrogens (primary N) is 1. The van der Waals surface area contributed by atoms with Gasteiger partial charge in [-0.1, -0.05) is 20.3 Å². The summed E-state index contributed by atoms with van der Waals surface area (Å²) in [6.45, 7) is 7.50. The standard InChI is InChI=1S/C12H24N2O2/c1-4-6-11(13)12(15)14-7-9(3)16-10(5-2)8-14/h9-11H,4-8,13H2,1-3H3. The van der Waals surface area contributed by atoms with Gasteiger partial charge >= 0.3 is 0 Å². The predicted octanol–water partition coefficient (Wildman–Crippen LogP) is 1.14. The zero-order chi connectivity index (χ0) is 12.1. The minimum Gasteiger partial charge on any atom is -0.372 e. The molecule has 16 heavy (non-hydrogen) atoms. The minimum atomic E-state index is -0.340. The van der Waals surface area contributed by atoms with E-state index >= 15 is 0 Å². The van der Waals surface area contributed by atoms with Crippen LogP contribution in [0.15, 0.2) is 0 Å². The Bertz CT molecular complexity index is 233. The lowest BCUT2D eigenvalue weighted by Crippen LogP contribution is -2.53. The van der Waals surface area contributed by atoms with Crippen molar-refractivity contribution >= 4 is 5.91 Å². The van der Waals surface area contributed by atoms with Crippen molar-refractivity contribution in [1.29, 1.82) is 0 Å². The van der Waals surface area contributed by atoms with Gasteiger partial charge in [0.25, 0.3) is 0 Å². The molecule has 0 saturated carbocycles. The molecular weight excluding hydrogens is 204 g/mol. The lowest BCUT2D eigenvalue weighted by molar-refractivity contribution is -0.146. The fourth-order valence-corrected chi connectivity index (χ4v) is 2.12. The van der Waals surface area contributed by atoms with Crippen LogP contribution in [0.1, 0.15) is 40.0 Å². The number of carbonyl (C=O) groups is 1. The Balaban J connectivity index is 2.54. The molecule has 0 radical (unpaired) electrons. The number of carbonyl (C=O) groups excluding carboxylic acids is 1. The van der Waals surface area contributed by atoms with Crippen molar-refractivity contribution < 1.29 is 9.53 Å². The first-order chi connectivity index (χ1) is 7.58. The van der Waals surface area contributed by atoms with Crippen LogP contribution < -0.4 is 5.73 Å². The Hall–Kier alpha value is -0.610. The molecule has 2 N–H and O–H groups in total. The lowest BCUT2D eigenvalue weighted by atomic mass is 10.1. The molecule has 1 saturated heterocycles. The fraction of sp³-hybridized carbons (Fsp3) is 0.917. The molecule has 0 aliphatic carbocycles. The van der Waals surface area contributed by atoms with Crippen LogP contribution in [0, 0.1) is 0 Å². The van der Waals surface area contributed by atoms with Gasteiger partial charge in [-0.2, -0.15) is 0 Å². The van der Waals surface area contributed by atoms with E-state index in [0.717, 1.165) is 19.3 Å². The zero-order valence-corrected chi connectivity index (χ0v) is 10.6. The van der Waals surface area contributed by atoms with E-state index in [1.807, 2.05) is 18.7 Å². The van der Waals surface area contributed by atoms with Crippen LogP contribution in [0.4, 0.5) is 0 Å². The van der Waals surface area contributed by atoms with E-state index in [2.05, 4.69) is 6.92 Å². The van der Waals surface area contributed by atoms with Crippen LogP contribution in [0.2, 0.25) is 0 Å². The smallest absolute Gasteiger partial charge is 0.239 e. The zero-order valence-electron chi connectivity index (χ0n) is 10.6. The van der Waals surface area contributed by atoms with Gasteiger partial charge in [-0.15, -0.1) is 0 Å². The van der Waals surface area contributed by atoms with Crippen molar-refractivity contribution in [2.24, 2.45) is 5.73 Å². The van der Waals surface area contributed by atoms with E-state index in [0.29, 0.717) is 13.1 Å². The van der Waals surface area contributed by atoms with Crippen LogP contribution in [0.3, 0.4) is 0 Å². The summed E-state index contributed by atoms with van der Waals surface area (Å²) in [5.41, 5.74) is 5.86. The summed E-state index contributed by atoms with van der Waals surface area (Å²) in [4.78, 5) is 13.9. The molecule has 1 amide bonds. The summed E-state index contributed by atoms with van der Waals surface area (Å²) in [5, 5.41) is 0. The van der Waals surface area contributed by atoms with Crippen LogP contribution >= 0.6 is 0 Å². The van der Waals surface area contributed by atoms with Crippen molar-refractivity contribution in [2.45, 2.75) is 58.3 Å². The monoisotopic (exact) mass is 228 g/mol. The molecule has 1 aliphatic heterocycles. The summed E-state index contributed by atoms with van der Waals surface area (Å²) in [6.07, 6.45) is 2.95. The third-order valence-electron chi connectivity index (χ3n) is 3.01. The van der Waals surface area contributed by atoms with Gasteiger partial charge in [0.1, 0.15) is 0 Å². The molecule has 3 unspecified atom stereocenters. The number of morpholine rings is 1. The van der Waals surface area contributed by atoms with Gasteiger partial charge in [0, 0.05) is 13.1 Å². The second kappa shape index (κ2) is 6.21. The lowest BCUT2D eigenvalue weighted by Gasteiger charge is -2.37. The summed E-state index contributed by atoms with van der Waals surface area (Å²) >= 11 is 0. The molecule has 1 fully saturated rings. The molecule has 1 aliphatic rings. The molecule has 94 valence electrons. The van der Waals surface area contributed by atoms with E-state index in [-0.39, 0.29) is 24.2 Å². The van der Waals surface area contributed by atoms with Crippen molar-refractivity contribution in [2.75, 3.05) is 13.1 Å². The van der Waals surface area contributed by atoms with E-state index < -0.39 is 0 Å². The van der Waals surface area contributed by atoms with E-state index in [4.69, 9.17) is 10.5 Å². The SMILES string of the molecule is CCCC(N)C(=O)N1CC(C)OC(CC)C1. The van der Waals surface area contributed by atoms with Gasteiger partial charge in [-0.25, -0.2) is 0 Å². The number of ether oxygens (including phenoxy) is 1. The van der Waals surface area contributed by atoms with Crippen molar-refractivity contribution in [1.82, 2.24) is 4.90 Å². The highest BCUT2D eigenvalue weighted by Crippen LogP contribution is 2.14. The summed E-state index contributed by atoms with van der Waals surface area (Å²) in [5.74, 6) is 0.0791. The Morgan fingerprint density at radius 1 is 1.50 bits per heavy atom. The average molecular weight is 228 g/mol. The third-order valence-corrected chi connectivity index (χ3v) is 3.01. The molecule has 1 rings (SSSR count). The first kappa shape index (κ1) is 13.5. The molecule has 1 heterocycles. The average Bonchev–Trinajstić information content (AvgIpc) is 2.27. The molecule has 4 nitrogen and oxygen atoms in total. The highest BCUT2D eigenvalue weighted by atomic mass is 16.5. The molecule has 0 aromatic rings. The summed E-state index contributed by atoms with van der Waals surface area (Å²) < 4.78 is 5.72. The van der Waals surface area contributed by atoms with Crippen molar-refractivity contribution in [3.05, 3.63) is 0 Å². The van der Waals surface area contributed by atoms with Gasteiger partial charge in [-0.05, 0) is 19.8 Å². The molecular formula is C12H24N2O2. The van der Waals surface area contributed by atoms with Gasteiger partial charge in [-0.3, -0.25) is 4.79 Å². The van der Waals surface area contributed by atoms with Crippen molar-refractivity contribution in [3.63, 3.8) is 0 Å². The largest absolute Gasteiger partial charge is 0.372 e. The highest BCUT2D eigenvalue weighted by molar-refractivity contribution is 5.81. The molecule has 3 atom stereocenters. The Morgan fingerprint density at radius 2 is 2.19 bits per heavy atom. The van der Waals surface area contributed by atoms with E-state index in [9.17, 15) is 4.79 Å². The van der Waals surface area contributed by atoms with Gasteiger partial charge < -0.3 is 15.4 Å². The predicted molar refractivity (Wildman–Crippen MR) is 64.1 cm³/mol. The number of hydrogen-bond donors (Lipinski definition) is 1. The maximum atomic E-state index is 12.0. The van der Waals surface area contributed by atoms with Gasteiger partial charge in [0.15, 0.2) is 0 Å². The number of rotatable bonds is 4. The maximum absolute atomic E-state index is 12.0. The number of amides is 1. The normalized spacial score (nSPS) is 27.9. The molecule has 4 heteroatoms. The van der Waals surface area contributed by atoms with Crippen LogP contribution in [-0.2, 0) is 9.53 Å². The second-order valence-electron chi connectivity index (χ2n) is 4.62. The molecule has 0 aromatic carbocycles. The van der Waals surface area contributed by atoms with Gasteiger partial charge in [0.2, 0.25) is 5.91 Å². The summed E-state index contributed by atoms with van der Waals surface area (Å²) in [6, 6.07) is -0.340. The fourth-order valence-electron chi connectivity index (χ4n) is 2.12. The minimum absolute atomic E-state index is 0.0791. The third kappa shape index (κ3) is 3.46. The first-order valence-corrected chi connectivity index (χ1v) is 6.28. The highest BCUT2D eigenvalue weighted by Gasteiger charge is 2.29. The van der Waals surface area contributed by atoms with Crippen LogP contribution in [0.25, 0.3) is 0 Å². The number of nitrogens with zero attached hydrogens (tertiary/aromatic N) is 1. The van der Waals surface area contributed by atoms with Crippen LogP contribution in [0.5, 0.6) is 0 Å².